The number of anilines is 1. The fourth-order valence-electron chi connectivity index (χ4n) is 2.49. The molecule has 102 valence electrons. The van der Waals surface area contributed by atoms with E-state index in [1.165, 1.54) is 24.1 Å². The van der Waals surface area contributed by atoms with E-state index in [2.05, 4.69) is 57.0 Å². The van der Waals surface area contributed by atoms with Gasteiger partial charge in [0.1, 0.15) is 0 Å². The molecule has 1 aromatic carbocycles. The molecule has 1 rings (SSSR count). The molecule has 0 aliphatic rings. The first-order valence-corrected chi connectivity index (χ1v) is 7.01. The van der Waals surface area contributed by atoms with E-state index in [4.69, 9.17) is 5.73 Å². The molecule has 0 heterocycles. The van der Waals surface area contributed by atoms with Gasteiger partial charge in [0.15, 0.2) is 0 Å². The van der Waals surface area contributed by atoms with Gasteiger partial charge in [-0.25, -0.2) is 0 Å². The molecule has 2 N–H and O–H groups in total. The molecule has 0 amide bonds. The quantitative estimate of drug-likeness (QED) is 0.801. The van der Waals surface area contributed by atoms with E-state index in [-0.39, 0.29) is 0 Å². The van der Waals surface area contributed by atoms with Crippen LogP contribution in [-0.4, -0.2) is 20.1 Å². The van der Waals surface area contributed by atoms with E-state index in [0.29, 0.717) is 5.92 Å². The maximum atomic E-state index is 5.86. The monoisotopic (exact) mass is 248 g/mol. The molecule has 0 saturated heterocycles. The van der Waals surface area contributed by atoms with Crippen LogP contribution in [0.15, 0.2) is 24.3 Å². The molecule has 0 aliphatic heterocycles. The Kier molecular flexibility index (Phi) is 6.20. The highest BCUT2D eigenvalue weighted by Crippen LogP contribution is 2.20. The van der Waals surface area contributed by atoms with Crippen molar-refractivity contribution < 1.29 is 0 Å². The number of rotatable bonds is 7. The summed E-state index contributed by atoms with van der Waals surface area (Å²) in [6.45, 7) is 8.60. The van der Waals surface area contributed by atoms with Crippen LogP contribution in [0.4, 0.5) is 5.69 Å². The first-order valence-electron chi connectivity index (χ1n) is 7.01. The Bertz CT molecular complexity index is 347. The maximum absolute atomic E-state index is 5.86. The highest BCUT2D eigenvalue weighted by molar-refractivity contribution is 5.52. The van der Waals surface area contributed by atoms with Gasteiger partial charge in [0.2, 0.25) is 0 Å². The van der Waals surface area contributed by atoms with E-state index in [9.17, 15) is 0 Å². The summed E-state index contributed by atoms with van der Waals surface area (Å²) < 4.78 is 0. The minimum absolute atomic E-state index is 0.650. The smallest absolute Gasteiger partial charge is 0.0393 e. The SMILES string of the molecule is Cc1ccccc1N(C)CCC(CN)CC(C)C. The molecule has 0 spiro atoms. The van der Waals surface area contributed by atoms with E-state index in [0.717, 1.165) is 19.0 Å². The zero-order valence-electron chi connectivity index (χ0n) is 12.3. The van der Waals surface area contributed by atoms with Crippen molar-refractivity contribution in [3.8, 4) is 0 Å². The van der Waals surface area contributed by atoms with Crippen molar-refractivity contribution in [2.45, 2.75) is 33.6 Å². The molecule has 1 unspecified atom stereocenters. The second kappa shape index (κ2) is 7.42. The highest BCUT2D eigenvalue weighted by Gasteiger charge is 2.11. The summed E-state index contributed by atoms with van der Waals surface area (Å²) in [5.74, 6) is 1.39. The van der Waals surface area contributed by atoms with Gasteiger partial charge in [0.05, 0.1) is 0 Å². The van der Waals surface area contributed by atoms with Gasteiger partial charge in [-0.05, 0) is 49.8 Å². The van der Waals surface area contributed by atoms with Crippen LogP contribution in [0.2, 0.25) is 0 Å². The van der Waals surface area contributed by atoms with Crippen molar-refractivity contribution in [3.05, 3.63) is 29.8 Å². The Hall–Kier alpha value is -1.02. The summed E-state index contributed by atoms with van der Waals surface area (Å²) in [6.07, 6.45) is 2.41. The Morgan fingerprint density at radius 2 is 1.89 bits per heavy atom. The first kappa shape index (κ1) is 15.0. The Morgan fingerprint density at radius 1 is 1.22 bits per heavy atom. The van der Waals surface area contributed by atoms with Gasteiger partial charge < -0.3 is 10.6 Å². The van der Waals surface area contributed by atoms with Gasteiger partial charge in [0, 0.05) is 19.3 Å². The lowest BCUT2D eigenvalue weighted by Crippen LogP contribution is -2.25. The van der Waals surface area contributed by atoms with Crippen LogP contribution in [0, 0.1) is 18.8 Å². The molecule has 0 fully saturated rings. The summed E-state index contributed by atoms with van der Waals surface area (Å²) in [5.41, 5.74) is 8.53. The molecule has 1 atom stereocenters. The lowest BCUT2D eigenvalue weighted by atomic mass is 9.94. The first-order chi connectivity index (χ1) is 8.54. The largest absolute Gasteiger partial charge is 0.374 e. The summed E-state index contributed by atoms with van der Waals surface area (Å²) in [6, 6.07) is 8.55. The highest BCUT2D eigenvalue weighted by atomic mass is 15.1. The molecular weight excluding hydrogens is 220 g/mol. The molecular formula is C16H28N2. The fraction of sp³-hybridized carbons (Fsp3) is 0.625. The van der Waals surface area contributed by atoms with E-state index < -0.39 is 0 Å². The Balaban J connectivity index is 2.50. The average molecular weight is 248 g/mol. The number of aryl methyl sites for hydroxylation is 1. The molecule has 2 nitrogen and oxygen atoms in total. The van der Waals surface area contributed by atoms with Crippen LogP contribution in [0.3, 0.4) is 0 Å². The lowest BCUT2D eigenvalue weighted by molar-refractivity contribution is 0.396. The normalized spacial score (nSPS) is 12.8. The van der Waals surface area contributed by atoms with Gasteiger partial charge >= 0.3 is 0 Å². The Labute approximate surface area is 112 Å². The molecule has 1 aromatic rings. The lowest BCUT2D eigenvalue weighted by Gasteiger charge is -2.24. The van der Waals surface area contributed by atoms with Gasteiger partial charge in [-0.3, -0.25) is 0 Å². The molecule has 0 aliphatic carbocycles. The van der Waals surface area contributed by atoms with E-state index in [1.54, 1.807) is 0 Å². The zero-order chi connectivity index (χ0) is 13.5. The van der Waals surface area contributed by atoms with Crippen molar-refractivity contribution in [2.24, 2.45) is 17.6 Å². The van der Waals surface area contributed by atoms with Gasteiger partial charge in [0.25, 0.3) is 0 Å². The molecule has 2 heteroatoms. The summed E-state index contributed by atoms with van der Waals surface area (Å²) in [5, 5.41) is 0. The van der Waals surface area contributed by atoms with Crippen LogP contribution in [0.25, 0.3) is 0 Å². The third-order valence-corrected chi connectivity index (χ3v) is 3.54. The van der Waals surface area contributed by atoms with E-state index >= 15 is 0 Å². The van der Waals surface area contributed by atoms with Crippen molar-refractivity contribution in [2.75, 3.05) is 25.0 Å². The second-order valence-corrected chi connectivity index (χ2v) is 5.73. The standard InChI is InChI=1S/C16H28N2/c1-13(2)11-15(12-17)9-10-18(4)16-8-6-5-7-14(16)3/h5-8,13,15H,9-12,17H2,1-4H3. The second-order valence-electron chi connectivity index (χ2n) is 5.73. The summed E-state index contributed by atoms with van der Waals surface area (Å²) >= 11 is 0. The molecule has 0 saturated carbocycles. The summed E-state index contributed by atoms with van der Waals surface area (Å²) in [4.78, 5) is 2.35. The van der Waals surface area contributed by atoms with Crippen molar-refractivity contribution in [3.63, 3.8) is 0 Å². The van der Waals surface area contributed by atoms with Crippen LogP contribution in [0.1, 0.15) is 32.3 Å². The van der Waals surface area contributed by atoms with Crippen LogP contribution >= 0.6 is 0 Å². The molecule has 0 aromatic heterocycles. The summed E-state index contributed by atoms with van der Waals surface area (Å²) in [7, 11) is 2.17. The predicted octanol–water partition coefficient (Wildman–Crippen LogP) is 3.44. The topological polar surface area (TPSA) is 29.3 Å². The maximum Gasteiger partial charge on any atom is 0.0393 e. The third kappa shape index (κ3) is 4.69. The van der Waals surface area contributed by atoms with Crippen LogP contribution in [0.5, 0.6) is 0 Å². The molecule has 0 radical (unpaired) electrons. The number of nitrogens with two attached hydrogens (primary N) is 1. The predicted molar refractivity (Wildman–Crippen MR) is 81.1 cm³/mol. The zero-order valence-corrected chi connectivity index (χ0v) is 12.3. The van der Waals surface area contributed by atoms with Crippen molar-refractivity contribution >= 4 is 5.69 Å². The Morgan fingerprint density at radius 3 is 2.44 bits per heavy atom. The van der Waals surface area contributed by atoms with Gasteiger partial charge in [-0.1, -0.05) is 32.0 Å². The van der Waals surface area contributed by atoms with Gasteiger partial charge in [-0.2, -0.15) is 0 Å². The molecule has 18 heavy (non-hydrogen) atoms. The van der Waals surface area contributed by atoms with E-state index in [1.807, 2.05) is 0 Å². The van der Waals surface area contributed by atoms with Crippen molar-refractivity contribution in [1.82, 2.24) is 0 Å². The minimum Gasteiger partial charge on any atom is -0.374 e. The number of para-hydroxylation sites is 1. The van der Waals surface area contributed by atoms with Crippen LogP contribution in [-0.2, 0) is 0 Å². The van der Waals surface area contributed by atoms with Crippen LogP contribution < -0.4 is 10.6 Å². The van der Waals surface area contributed by atoms with Gasteiger partial charge in [-0.15, -0.1) is 0 Å². The number of hydrogen-bond donors (Lipinski definition) is 1. The number of nitrogens with zero attached hydrogens (tertiary/aromatic N) is 1. The number of benzene rings is 1. The fourth-order valence-corrected chi connectivity index (χ4v) is 2.49. The molecule has 0 bridgehead atoms. The van der Waals surface area contributed by atoms with Crippen molar-refractivity contribution in [1.29, 1.82) is 0 Å². The number of hydrogen-bond acceptors (Lipinski definition) is 2. The minimum atomic E-state index is 0.650. The third-order valence-electron chi connectivity index (χ3n) is 3.54. The average Bonchev–Trinajstić information content (AvgIpc) is 2.34.